The fraction of sp³-hybridized carbons (Fsp3) is 0.533. The number of hydrogen-bond acceptors (Lipinski definition) is 4. The first-order valence-electron chi connectivity index (χ1n) is 6.69. The lowest BCUT2D eigenvalue weighted by atomic mass is 10.0. The van der Waals surface area contributed by atoms with E-state index >= 15 is 0 Å². The second kappa shape index (κ2) is 5.99. The minimum absolute atomic E-state index is 0.0561. The molecule has 2 rings (SSSR count). The summed E-state index contributed by atoms with van der Waals surface area (Å²) in [5.41, 5.74) is 0.102. The average molecular weight is 281 g/mol. The Hall–Kier alpha value is -1.30. The maximum absolute atomic E-state index is 12.8. The second-order valence-electron chi connectivity index (χ2n) is 5.78. The SMILES string of the molecule is CC1(C)CN(CC(=O)c2ccc(F)cc2)CC(CO)O1. The Morgan fingerprint density at radius 2 is 2.10 bits per heavy atom. The lowest BCUT2D eigenvalue weighted by Gasteiger charge is -2.42. The molecule has 0 radical (unpaired) electrons. The predicted molar refractivity (Wildman–Crippen MR) is 73.2 cm³/mol. The van der Waals surface area contributed by atoms with Crippen LogP contribution in [0, 0.1) is 5.82 Å². The summed E-state index contributed by atoms with van der Waals surface area (Å²) in [4.78, 5) is 14.1. The maximum atomic E-state index is 12.8. The van der Waals surface area contributed by atoms with Gasteiger partial charge in [-0.25, -0.2) is 4.39 Å². The molecule has 0 aromatic heterocycles. The molecule has 0 spiro atoms. The number of Topliss-reactive ketones (excluding diaryl/α,β-unsaturated/α-hetero) is 1. The number of ketones is 1. The lowest BCUT2D eigenvalue weighted by Crippen LogP contribution is -2.54. The summed E-state index contributed by atoms with van der Waals surface area (Å²) in [6.07, 6.45) is -0.278. The van der Waals surface area contributed by atoms with Gasteiger partial charge in [-0.2, -0.15) is 0 Å². The van der Waals surface area contributed by atoms with Gasteiger partial charge in [0.2, 0.25) is 0 Å². The van der Waals surface area contributed by atoms with E-state index in [0.29, 0.717) is 18.7 Å². The van der Waals surface area contributed by atoms with Gasteiger partial charge in [0.25, 0.3) is 0 Å². The van der Waals surface area contributed by atoms with Gasteiger partial charge < -0.3 is 9.84 Å². The van der Waals surface area contributed by atoms with Crippen molar-refractivity contribution in [2.45, 2.75) is 25.6 Å². The summed E-state index contributed by atoms with van der Waals surface area (Å²) < 4.78 is 18.5. The molecule has 1 N–H and O–H groups in total. The number of morpholine rings is 1. The number of ether oxygens (including phenoxy) is 1. The Bertz CT molecular complexity index is 473. The van der Waals surface area contributed by atoms with E-state index in [-0.39, 0.29) is 30.9 Å². The third-order valence-corrected chi connectivity index (χ3v) is 3.29. The number of carbonyl (C=O) groups excluding carboxylic acids is 1. The molecule has 1 heterocycles. The highest BCUT2D eigenvalue weighted by molar-refractivity contribution is 5.97. The zero-order chi connectivity index (χ0) is 14.8. The van der Waals surface area contributed by atoms with Crippen LogP contribution in [0.4, 0.5) is 4.39 Å². The van der Waals surface area contributed by atoms with Gasteiger partial charge in [-0.1, -0.05) is 0 Å². The van der Waals surface area contributed by atoms with Gasteiger partial charge in [0.1, 0.15) is 5.82 Å². The van der Waals surface area contributed by atoms with Crippen LogP contribution in [0.2, 0.25) is 0 Å². The van der Waals surface area contributed by atoms with Gasteiger partial charge in [0, 0.05) is 18.7 Å². The first-order chi connectivity index (χ1) is 9.39. The minimum Gasteiger partial charge on any atom is -0.394 e. The largest absolute Gasteiger partial charge is 0.394 e. The van der Waals surface area contributed by atoms with Crippen LogP contribution in [-0.2, 0) is 4.74 Å². The maximum Gasteiger partial charge on any atom is 0.176 e. The van der Waals surface area contributed by atoms with Crippen molar-refractivity contribution >= 4 is 5.78 Å². The average Bonchev–Trinajstić information content (AvgIpc) is 2.37. The summed E-state index contributed by atoms with van der Waals surface area (Å²) >= 11 is 0. The number of nitrogens with zero attached hydrogens (tertiary/aromatic N) is 1. The summed E-state index contributed by atoms with van der Waals surface area (Å²) in [6, 6.07) is 5.56. The topological polar surface area (TPSA) is 49.8 Å². The molecule has 1 aliphatic rings. The molecule has 1 aromatic carbocycles. The van der Waals surface area contributed by atoms with Gasteiger partial charge in [0.15, 0.2) is 5.78 Å². The minimum atomic E-state index is -0.394. The third kappa shape index (κ3) is 3.85. The van der Waals surface area contributed by atoms with Crippen LogP contribution < -0.4 is 0 Å². The third-order valence-electron chi connectivity index (χ3n) is 3.29. The first-order valence-corrected chi connectivity index (χ1v) is 6.69. The first kappa shape index (κ1) is 15.1. The van der Waals surface area contributed by atoms with E-state index < -0.39 is 5.60 Å². The number of benzene rings is 1. The van der Waals surface area contributed by atoms with Crippen molar-refractivity contribution in [2.24, 2.45) is 0 Å². The fourth-order valence-corrected chi connectivity index (χ4v) is 2.56. The molecular formula is C15H20FNO3. The molecule has 1 unspecified atom stereocenters. The summed E-state index contributed by atoms with van der Waals surface area (Å²) in [6.45, 7) is 5.19. The highest BCUT2D eigenvalue weighted by Crippen LogP contribution is 2.21. The number of hydrogen-bond donors (Lipinski definition) is 1. The van der Waals surface area contributed by atoms with E-state index in [1.54, 1.807) is 0 Å². The van der Waals surface area contributed by atoms with Crippen molar-refractivity contribution in [3.8, 4) is 0 Å². The number of rotatable bonds is 4. The van der Waals surface area contributed by atoms with E-state index in [0.717, 1.165) is 0 Å². The second-order valence-corrected chi connectivity index (χ2v) is 5.78. The summed E-state index contributed by atoms with van der Waals surface area (Å²) in [5.74, 6) is -0.409. The van der Waals surface area contributed by atoms with Crippen LogP contribution in [0.15, 0.2) is 24.3 Å². The van der Waals surface area contributed by atoms with Crippen LogP contribution in [-0.4, -0.2) is 53.7 Å². The normalized spacial score (nSPS) is 22.7. The molecule has 1 aliphatic heterocycles. The van der Waals surface area contributed by atoms with E-state index in [1.165, 1.54) is 24.3 Å². The van der Waals surface area contributed by atoms with Crippen molar-refractivity contribution in [3.63, 3.8) is 0 Å². The van der Waals surface area contributed by atoms with Crippen molar-refractivity contribution in [1.29, 1.82) is 0 Å². The molecule has 1 saturated heterocycles. The summed E-state index contributed by atoms with van der Waals surface area (Å²) in [7, 11) is 0. The zero-order valence-corrected chi connectivity index (χ0v) is 11.8. The standard InChI is InChI=1S/C15H20FNO3/c1-15(2)10-17(7-13(9-18)20-15)8-14(19)11-3-5-12(16)6-4-11/h3-6,13,18H,7-10H2,1-2H3. The van der Waals surface area contributed by atoms with Crippen molar-refractivity contribution in [2.75, 3.05) is 26.2 Å². The molecule has 110 valence electrons. The van der Waals surface area contributed by atoms with Crippen molar-refractivity contribution in [3.05, 3.63) is 35.6 Å². The Morgan fingerprint density at radius 1 is 1.45 bits per heavy atom. The van der Waals surface area contributed by atoms with Crippen LogP contribution in [0.3, 0.4) is 0 Å². The molecule has 4 nitrogen and oxygen atoms in total. The van der Waals surface area contributed by atoms with Gasteiger partial charge in [-0.15, -0.1) is 0 Å². The molecule has 0 bridgehead atoms. The Balaban J connectivity index is 2.01. The highest BCUT2D eigenvalue weighted by atomic mass is 19.1. The van der Waals surface area contributed by atoms with Crippen molar-refractivity contribution in [1.82, 2.24) is 4.90 Å². The van der Waals surface area contributed by atoms with Crippen LogP contribution in [0.5, 0.6) is 0 Å². The quantitative estimate of drug-likeness (QED) is 0.849. The molecular weight excluding hydrogens is 261 g/mol. The van der Waals surface area contributed by atoms with E-state index in [4.69, 9.17) is 4.74 Å². The van der Waals surface area contributed by atoms with Gasteiger partial charge in [0.05, 0.1) is 24.9 Å². The molecule has 0 saturated carbocycles. The smallest absolute Gasteiger partial charge is 0.176 e. The van der Waals surface area contributed by atoms with E-state index in [2.05, 4.69) is 0 Å². The molecule has 20 heavy (non-hydrogen) atoms. The van der Waals surface area contributed by atoms with Crippen LogP contribution in [0.1, 0.15) is 24.2 Å². The Kier molecular flexibility index (Phi) is 4.52. The number of aliphatic hydroxyl groups is 1. The number of carbonyl (C=O) groups is 1. The highest BCUT2D eigenvalue weighted by Gasteiger charge is 2.33. The molecule has 0 amide bonds. The molecule has 0 aliphatic carbocycles. The van der Waals surface area contributed by atoms with Crippen LogP contribution in [0.25, 0.3) is 0 Å². The monoisotopic (exact) mass is 281 g/mol. The zero-order valence-electron chi connectivity index (χ0n) is 11.8. The van der Waals surface area contributed by atoms with E-state index in [1.807, 2.05) is 18.7 Å². The lowest BCUT2D eigenvalue weighted by molar-refractivity contribution is -0.146. The van der Waals surface area contributed by atoms with E-state index in [9.17, 15) is 14.3 Å². The molecule has 5 heteroatoms. The number of halogens is 1. The van der Waals surface area contributed by atoms with Gasteiger partial charge in [-0.05, 0) is 38.1 Å². The molecule has 1 fully saturated rings. The fourth-order valence-electron chi connectivity index (χ4n) is 2.56. The number of aliphatic hydroxyl groups excluding tert-OH is 1. The Labute approximate surface area is 118 Å². The molecule has 1 aromatic rings. The molecule has 1 atom stereocenters. The summed E-state index contributed by atoms with van der Waals surface area (Å²) in [5, 5.41) is 9.24. The predicted octanol–water partition coefficient (Wildman–Crippen LogP) is 1.48. The van der Waals surface area contributed by atoms with Gasteiger partial charge in [-0.3, -0.25) is 9.69 Å². The van der Waals surface area contributed by atoms with Crippen molar-refractivity contribution < 1.29 is 19.0 Å². The van der Waals surface area contributed by atoms with Gasteiger partial charge >= 0.3 is 0 Å². The van der Waals surface area contributed by atoms with Crippen LogP contribution >= 0.6 is 0 Å². The Morgan fingerprint density at radius 3 is 2.70 bits per heavy atom.